The molecular weight excluding hydrogens is 238 g/mol. The highest BCUT2D eigenvalue weighted by molar-refractivity contribution is 5.77. The summed E-state index contributed by atoms with van der Waals surface area (Å²) in [5.74, 6) is 0.932. The Balaban J connectivity index is 1.61. The zero-order valence-electron chi connectivity index (χ0n) is 10.8. The summed E-state index contributed by atoms with van der Waals surface area (Å²) in [5, 5.41) is 4.44. The van der Waals surface area contributed by atoms with Crippen LogP contribution in [0, 0.1) is 6.92 Å². The molecule has 4 heteroatoms. The summed E-state index contributed by atoms with van der Waals surface area (Å²) in [4.78, 5) is 8.51. The molecule has 1 aromatic carbocycles. The Hall–Kier alpha value is -2.20. The molecule has 0 saturated carbocycles. The molecule has 0 bridgehead atoms. The van der Waals surface area contributed by atoms with Crippen molar-refractivity contribution in [3.05, 3.63) is 59.9 Å². The highest BCUT2D eigenvalue weighted by atomic mass is 16.3. The standard InChI is InChI=1S/C15H15N3O/c1-11-7-18-13(9-17-11)8-16-10-14-6-12-4-2-3-5-15(12)19-14/h2-7,9,16H,8,10H2,1H3. The minimum absolute atomic E-state index is 0.685. The maximum atomic E-state index is 5.73. The Morgan fingerprint density at radius 3 is 2.79 bits per heavy atom. The largest absolute Gasteiger partial charge is 0.460 e. The van der Waals surface area contributed by atoms with Gasteiger partial charge in [0, 0.05) is 24.3 Å². The Labute approximate surface area is 111 Å². The first-order valence-electron chi connectivity index (χ1n) is 6.27. The molecule has 1 N–H and O–H groups in total. The number of nitrogens with zero attached hydrogens (tertiary/aromatic N) is 2. The van der Waals surface area contributed by atoms with E-state index < -0.39 is 0 Å². The maximum Gasteiger partial charge on any atom is 0.134 e. The Morgan fingerprint density at radius 2 is 2.00 bits per heavy atom. The van der Waals surface area contributed by atoms with Gasteiger partial charge in [-0.05, 0) is 19.1 Å². The van der Waals surface area contributed by atoms with Gasteiger partial charge >= 0.3 is 0 Å². The number of aromatic nitrogens is 2. The van der Waals surface area contributed by atoms with Crippen molar-refractivity contribution in [1.29, 1.82) is 0 Å². The summed E-state index contributed by atoms with van der Waals surface area (Å²) >= 11 is 0. The van der Waals surface area contributed by atoms with Gasteiger partial charge in [0.05, 0.1) is 17.9 Å². The predicted molar refractivity (Wildman–Crippen MR) is 73.5 cm³/mol. The molecular formula is C15H15N3O. The van der Waals surface area contributed by atoms with E-state index in [0.29, 0.717) is 13.1 Å². The molecule has 0 spiro atoms. The minimum Gasteiger partial charge on any atom is -0.460 e. The van der Waals surface area contributed by atoms with E-state index in [1.165, 1.54) is 0 Å². The first kappa shape index (κ1) is 11.9. The summed E-state index contributed by atoms with van der Waals surface area (Å²) in [6, 6.07) is 10.1. The van der Waals surface area contributed by atoms with Crippen LogP contribution in [0.3, 0.4) is 0 Å². The lowest BCUT2D eigenvalue weighted by Gasteiger charge is -2.01. The highest BCUT2D eigenvalue weighted by Gasteiger charge is 2.02. The van der Waals surface area contributed by atoms with E-state index in [2.05, 4.69) is 21.4 Å². The van der Waals surface area contributed by atoms with E-state index in [4.69, 9.17) is 4.42 Å². The van der Waals surface area contributed by atoms with Gasteiger partial charge < -0.3 is 9.73 Å². The van der Waals surface area contributed by atoms with Crippen LogP contribution >= 0.6 is 0 Å². The quantitative estimate of drug-likeness (QED) is 0.776. The number of para-hydroxylation sites is 1. The van der Waals surface area contributed by atoms with Gasteiger partial charge in [-0.15, -0.1) is 0 Å². The molecule has 3 rings (SSSR count). The summed E-state index contributed by atoms with van der Waals surface area (Å²) in [7, 11) is 0. The van der Waals surface area contributed by atoms with Gasteiger partial charge in [-0.2, -0.15) is 0 Å². The number of rotatable bonds is 4. The lowest BCUT2D eigenvalue weighted by atomic mass is 10.2. The van der Waals surface area contributed by atoms with Crippen molar-refractivity contribution in [2.24, 2.45) is 0 Å². The van der Waals surface area contributed by atoms with Crippen LogP contribution in [-0.4, -0.2) is 9.97 Å². The van der Waals surface area contributed by atoms with Crippen LogP contribution in [0.2, 0.25) is 0 Å². The van der Waals surface area contributed by atoms with Crippen LogP contribution in [-0.2, 0) is 13.1 Å². The zero-order chi connectivity index (χ0) is 13.1. The van der Waals surface area contributed by atoms with E-state index in [-0.39, 0.29) is 0 Å². The molecule has 2 heterocycles. The van der Waals surface area contributed by atoms with E-state index in [1.807, 2.05) is 31.2 Å². The third-order valence-corrected chi connectivity index (χ3v) is 2.92. The predicted octanol–water partition coefficient (Wildman–Crippen LogP) is 2.82. The van der Waals surface area contributed by atoms with Crippen LogP contribution in [0.5, 0.6) is 0 Å². The molecule has 0 fully saturated rings. The van der Waals surface area contributed by atoms with Crippen molar-refractivity contribution in [1.82, 2.24) is 15.3 Å². The van der Waals surface area contributed by atoms with Gasteiger partial charge in [0.1, 0.15) is 11.3 Å². The fourth-order valence-corrected chi connectivity index (χ4v) is 1.95. The van der Waals surface area contributed by atoms with Crippen LogP contribution in [0.1, 0.15) is 17.1 Å². The molecule has 3 aromatic rings. The third-order valence-electron chi connectivity index (χ3n) is 2.92. The third kappa shape index (κ3) is 2.80. The molecule has 0 amide bonds. The van der Waals surface area contributed by atoms with Crippen molar-refractivity contribution in [3.63, 3.8) is 0 Å². The number of hydrogen-bond donors (Lipinski definition) is 1. The molecule has 0 atom stereocenters. The maximum absolute atomic E-state index is 5.73. The van der Waals surface area contributed by atoms with Gasteiger partial charge in [0.2, 0.25) is 0 Å². The van der Waals surface area contributed by atoms with Crippen molar-refractivity contribution in [3.8, 4) is 0 Å². The van der Waals surface area contributed by atoms with Crippen LogP contribution in [0.15, 0.2) is 47.1 Å². The molecule has 0 aliphatic heterocycles. The van der Waals surface area contributed by atoms with Crippen LogP contribution < -0.4 is 5.32 Å². The SMILES string of the molecule is Cc1cnc(CNCc2cc3ccccc3o2)cn1. The van der Waals surface area contributed by atoms with Gasteiger partial charge in [-0.25, -0.2) is 0 Å². The molecule has 0 aliphatic carbocycles. The number of aryl methyl sites for hydroxylation is 1. The molecule has 0 saturated heterocycles. The molecule has 4 nitrogen and oxygen atoms in total. The smallest absolute Gasteiger partial charge is 0.134 e. The Kier molecular flexibility index (Phi) is 3.25. The molecule has 0 unspecified atom stereocenters. The average molecular weight is 253 g/mol. The van der Waals surface area contributed by atoms with Crippen molar-refractivity contribution < 1.29 is 4.42 Å². The van der Waals surface area contributed by atoms with Gasteiger partial charge in [-0.1, -0.05) is 18.2 Å². The molecule has 96 valence electrons. The topological polar surface area (TPSA) is 51.0 Å². The van der Waals surface area contributed by atoms with Crippen molar-refractivity contribution in [2.75, 3.05) is 0 Å². The Bertz CT molecular complexity index is 640. The Morgan fingerprint density at radius 1 is 1.11 bits per heavy atom. The van der Waals surface area contributed by atoms with Gasteiger partial charge in [0.15, 0.2) is 0 Å². The molecule has 0 radical (unpaired) electrons. The van der Waals surface area contributed by atoms with Crippen LogP contribution in [0.25, 0.3) is 11.0 Å². The summed E-state index contributed by atoms with van der Waals surface area (Å²) in [6.45, 7) is 3.30. The lowest BCUT2D eigenvalue weighted by molar-refractivity contribution is 0.511. The van der Waals surface area contributed by atoms with Crippen molar-refractivity contribution in [2.45, 2.75) is 20.0 Å². The number of hydrogen-bond acceptors (Lipinski definition) is 4. The molecule has 0 aliphatic rings. The average Bonchev–Trinajstić information content (AvgIpc) is 2.83. The number of benzene rings is 1. The molecule has 2 aromatic heterocycles. The number of nitrogens with one attached hydrogen (secondary N) is 1. The zero-order valence-corrected chi connectivity index (χ0v) is 10.8. The fourth-order valence-electron chi connectivity index (χ4n) is 1.95. The second-order valence-corrected chi connectivity index (χ2v) is 4.50. The van der Waals surface area contributed by atoms with Gasteiger partial charge in [-0.3, -0.25) is 9.97 Å². The summed E-state index contributed by atoms with van der Waals surface area (Å²) < 4.78 is 5.73. The second kappa shape index (κ2) is 5.20. The van der Waals surface area contributed by atoms with E-state index >= 15 is 0 Å². The first-order chi connectivity index (χ1) is 9.31. The monoisotopic (exact) mass is 253 g/mol. The fraction of sp³-hybridized carbons (Fsp3) is 0.200. The molecule has 19 heavy (non-hydrogen) atoms. The second-order valence-electron chi connectivity index (χ2n) is 4.50. The minimum atomic E-state index is 0.685. The van der Waals surface area contributed by atoms with Crippen LogP contribution in [0.4, 0.5) is 0 Å². The van der Waals surface area contributed by atoms with Crippen molar-refractivity contribution >= 4 is 11.0 Å². The van der Waals surface area contributed by atoms with E-state index in [1.54, 1.807) is 12.4 Å². The first-order valence-corrected chi connectivity index (χ1v) is 6.27. The highest BCUT2D eigenvalue weighted by Crippen LogP contribution is 2.18. The summed E-state index contributed by atoms with van der Waals surface area (Å²) in [6.07, 6.45) is 3.57. The van der Waals surface area contributed by atoms with E-state index in [0.717, 1.165) is 28.1 Å². The van der Waals surface area contributed by atoms with E-state index in [9.17, 15) is 0 Å². The summed E-state index contributed by atoms with van der Waals surface area (Å²) in [5.41, 5.74) is 2.79. The number of fused-ring (bicyclic) bond motifs is 1. The number of furan rings is 1. The lowest BCUT2D eigenvalue weighted by Crippen LogP contribution is -2.13. The van der Waals surface area contributed by atoms with Gasteiger partial charge in [0.25, 0.3) is 0 Å². The normalized spacial score (nSPS) is 11.0.